The van der Waals surface area contributed by atoms with Crippen LogP contribution in [0.2, 0.25) is 0 Å². The van der Waals surface area contributed by atoms with E-state index in [9.17, 15) is 0 Å². The molecule has 0 bridgehead atoms. The van der Waals surface area contributed by atoms with E-state index in [1.54, 1.807) is 0 Å². The molecule has 13 aromatic rings. The second-order valence-electron chi connectivity index (χ2n) is 20.8. The van der Waals surface area contributed by atoms with Crippen molar-refractivity contribution in [3.05, 3.63) is 253 Å². The minimum Gasteiger partial charge on any atom is -0.0616 e. The summed E-state index contributed by atoms with van der Waals surface area (Å²) in [5.74, 6) is 0. The maximum atomic E-state index is 2.52. The van der Waals surface area contributed by atoms with E-state index < -0.39 is 0 Å². The van der Waals surface area contributed by atoms with Gasteiger partial charge in [-0.15, -0.1) is 0 Å². The summed E-state index contributed by atoms with van der Waals surface area (Å²) in [5, 5.41) is 15.3. The Bertz CT molecular complexity index is 4220. The van der Waals surface area contributed by atoms with Gasteiger partial charge in [0.15, 0.2) is 0 Å². The van der Waals surface area contributed by atoms with Crippen LogP contribution < -0.4 is 0 Å². The van der Waals surface area contributed by atoms with E-state index in [0.717, 1.165) is 12.8 Å². The fourth-order valence-corrected chi connectivity index (χ4v) is 13.0. The van der Waals surface area contributed by atoms with Crippen LogP contribution >= 0.6 is 0 Å². The second-order valence-corrected chi connectivity index (χ2v) is 20.8. The number of aryl methyl sites for hydroxylation is 2. The first-order chi connectivity index (χ1) is 35.9. The molecule has 0 heterocycles. The van der Waals surface area contributed by atoms with Gasteiger partial charge >= 0.3 is 0 Å². The third-order valence-electron chi connectivity index (χ3n) is 16.6. The Hall–Kier alpha value is -8.58. The molecule has 0 nitrogen and oxygen atoms in total. The molecule has 0 N–H and O–H groups in total. The van der Waals surface area contributed by atoms with Crippen molar-refractivity contribution in [1.29, 1.82) is 0 Å². The van der Waals surface area contributed by atoms with Gasteiger partial charge in [0.25, 0.3) is 0 Å². The first-order valence-electron chi connectivity index (χ1n) is 26.2. The van der Waals surface area contributed by atoms with E-state index in [1.165, 1.54) is 154 Å². The van der Waals surface area contributed by atoms with Gasteiger partial charge in [0.05, 0.1) is 0 Å². The molecule has 0 fully saturated rings. The molecule has 0 radical (unpaired) electrons. The van der Waals surface area contributed by atoms with Gasteiger partial charge in [-0.3, -0.25) is 0 Å². The van der Waals surface area contributed by atoms with Gasteiger partial charge in [-0.05, 0) is 179 Å². The smallest absolute Gasteiger partial charge is 0.0159 e. The van der Waals surface area contributed by atoms with Crippen LogP contribution in [0.3, 0.4) is 0 Å². The minimum atomic E-state index is -0.245. The zero-order valence-corrected chi connectivity index (χ0v) is 41.9. The molecule has 13 aromatic carbocycles. The molecule has 346 valence electrons. The normalized spacial score (nSPS) is 12.9. The first-order valence-corrected chi connectivity index (χ1v) is 26.2. The highest BCUT2D eigenvalue weighted by Crippen LogP contribution is 2.55. The van der Waals surface area contributed by atoms with Gasteiger partial charge in [0.1, 0.15) is 0 Å². The highest BCUT2D eigenvalue weighted by atomic mass is 14.4. The van der Waals surface area contributed by atoms with E-state index >= 15 is 0 Å². The maximum absolute atomic E-state index is 2.52. The summed E-state index contributed by atoms with van der Waals surface area (Å²) in [6, 6.07) is 87.6. The van der Waals surface area contributed by atoms with Crippen molar-refractivity contribution in [2.75, 3.05) is 0 Å². The third-order valence-corrected chi connectivity index (χ3v) is 16.6. The van der Waals surface area contributed by atoms with Crippen LogP contribution in [0.5, 0.6) is 0 Å². The number of rotatable bonds is 7. The van der Waals surface area contributed by atoms with Crippen molar-refractivity contribution in [2.45, 2.75) is 46.0 Å². The van der Waals surface area contributed by atoms with Gasteiger partial charge in [-0.25, -0.2) is 0 Å². The maximum Gasteiger partial charge on any atom is 0.0159 e. The van der Waals surface area contributed by atoms with Gasteiger partial charge in [-0.1, -0.05) is 246 Å². The Morgan fingerprint density at radius 2 is 0.466 bits per heavy atom. The molecular weight excluding hydrogens is 877 g/mol. The Labute approximate surface area is 427 Å². The molecule has 0 atom stereocenters. The van der Waals surface area contributed by atoms with Crippen LogP contribution in [0, 0.1) is 0 Å². The number of hydrogen-bond acceptors (Lipinski definition) is 0. The second kappa shape index (κ2) is 16.8. The topological polar surface area (TPSA) is 0 Å². The van der Waals surface area contributed by atoms with Crippen molar-refractivity contribution in [3.63, 3.8) is 0 Å². The van der Waals surface area contributed by atoms with Gasteiger partial charge in [0, 0.05) is 5.41 Å². The lowest BCUT2D eigenvalue weighted by Crippen LogP contribution is -2.15. The molecule has 1 aliphatic rings. The average molecular weight is 931 g/mol. The first kappa shape index (κ1) is 43.2. The standard InChI is InChI=1S/C73H54/c1-5-45-31-35-47(36-32-45)67-53-19-7-9-21-55(53)69(56-22-10-8-20-54(56)67)49-39-41-51-52-42-40-50(44-66(52)73(3,4)65(51)43-49)70-59-25-13-17-29-63(59)72(64-30-18-14-26-60(64)70)71-61-27-15-11-23-57(61)68(58-24-12-16-28-62(58)71)48-37-33-46(6-2)34-38-48/h7-44H,5-6H2,1-4H3. The lowest BCUT2D eigenvalue weighted by molar-refractivity contribution is 0.661. The molecule has 0 heteroatoms. The zero-order chi connectivity index (χ0) is 49.0. The monoisotopic (exact) mass is 930 g/mol. The highest BCUT2D eigenvalue weighted by Gasteiger charge is 2.36. The van der Waals surface area contributed by atoms with Crippen LogP contribution in [0.25, 0.3) is 131 Å². The van der Waals surface area contributed by atoms with E-state index in [0.29, 0.717) is 0 Å². The molecule has 0 spiro atoms. The molecule has 0 aromatic heterocycles. The molecular formula is C73H54. The highest BCUT2D eigenvalue weighted by molar-refractivity contribution is 6.30. The van der Waals surface area contributed by atoms with Gasteiger partial charge < -0.3 is 0 Å². The van der Waals surface area contributed by atoms with Crippen LogP contribution in [-0.2, 0) is 18.3 Å². The van der Waals surface area contributed by atoms with Crippen LogP contribution in [-0.4, -0.2) is 0 Å². The molecule has 14 rings (SSSR count). The predicted molar refractivity (Wildman–Crippen MR) is 315 cm³/mol. The number of hydrogen-bond donors (Lipinski definition) is 0. The molecule has 73 heavy (non-hydrogen) atoms. The quantitative estimate of drug-likeness (QED) is 0.140. The van der Waals surface area contributed by atoms with E-state index in [1.807, 2.05) is 0 Å². The van der Waals surface area contributed by atoms with E-state index in [4.69, 9.17) is 0 Å². The Balaban J connectivity index is 0.944. The number of benzene rings is 13. The van der Waals surface area contributed by atoms with Gasteiger partial charge in [0.2, 0.25) is 0 Å². The summed E-state index contributed by atoms with van der Waals surface area (Å²) in [7, 11) is 0. The van der Waals surface area contributed by atoms with Crippen molar-refractivity contribution in [3.8, 4) is 66.8 Å². The lowest BCUT2D eigenvalue weighted by atomic mass is 9.78. The fraction of sp³-hybridized carbons (Fsp3) is 0.0959. The van der Waals surface area contributed by atoms with Crippen molar-refractivity contribution >= 4 is 64.6 Å². The van der Waals surface area contributed by atoms with E-state index in [2.05, 4.69) is 258 Å². The molecule has 0 aliphatic heterocycles. The molecule has 0 saturated heterocycles. The van der Waals surface area contributed by atoms with Crippen LogP contribution in [0.4, 0.5) is 0 Å². The average Bonchev–Trinajstić information content (AvgIpc) is 3.67. The van der Waals surface area contributed by atoms with Crippen LogP contribution in [0.15, 0.2) is 231 Å². The minimum absolute atomic E-state index is 0.245. The molecule has 0 amide bonds. The Morgan fingerprint density at radius 1 is 0.247 bits per heavy atom. The molecule has 0 unspecified atom stereocenters. The third kappa shape index (κ3) is 6.53. The fourth-order valence-electron chi connectivity index (χ4n) is 13.0. The molecule has 1 aliphatic carbocycles. The number of fused-ring (bicyclic) bond motifs is 9. The summed E-state index contributed by atoms with van der Waals surface area (Å²) in [4.78, 5) is 0. The SMILES string of the molecule is CCc1ccc(-c2c3ccccc3c(-c3ccc4c(c3)C(C)(C)c3cc(-c5c6ccccc6c(-c6c7ccccc7c(-c7ccc(CC)cc7)c7ccccc67)c6ccccc56)ccc3-4)c3ccccc23)cc1. The summed E-state index contributed by atoms with van der Waals surface area (Å²) in [6.07, 6.45) is 2.05. The Kier molecular flexibility index (Phi) is 9.93. The lowest BCUT2D eigenvalue weighted by Gasteiger charge is -2.24. The summed E-state index contributed by atoms with van der Waals surface area (Å²) in [5.41, 5.74) is 20.7. The summed E-state index contributed by atoms with van der Waals surface area (Å²) in [6.45, 7) is 9.32. The summed E-state index contributed by atoms with van der Waals surface area (Å²) < 4.78 is 0. The van der Waals surface area contributed by atoms with Crippen molar-refractivity contribution < 1.29 is 0 Å². The van der Waals surface area contributed by atoms with Gasteiger partial charge in [-0.2, -0.15) is 0 Å². The van der Waals surface area contributed by atoms with Crippen LogP contribution in [0.1, 0.15) is 49.9 Å². The van der Waals surface area contributed by atoms with E-state index in [-0.39, 0.29) is 5.41 Å². The Morgan fingerprint density at radius 3 is 0.712 bits per heavy atom. The summed E-state index contributed by atoms with van der Waals surface area (Å²) >= 11 is 0. The molecule has 0 saturated carbocycles. The van der Waals surface area contributed by atoms with Crippen molar-refractivity contribution in [2.24, 2.45) is 0 Å². The largest absolute Gasteiger partial charge is 0.0616 e. The zero-order valence-electron chi connectivity index (χ0n) is 41.9. The van der Waals surface area contributed by atoms with Crippen molar-refractivity contribution in [1.82, 2.24) is 0 Å². The predicted octanol–water partition coefficient (Wildman–Crippen LogP) is 20.4.